The van der Waals surface area contributed by atoms with E-state index in [4.69, 9.17) is 41.2 Å². The number of nitrogens with one attached hydrogen (secondary N) is 1. The fourth-order valence-electron chi connectivity index (χ4n) is 1.68. The highest BCUT2D eigenvalue weighted by Gasteiger charge is 2.18. The van der Waals surface area contributed by atoms with Gasteiger partial charge in [-0.05, 0) is 30.5 Å². The molecule has 1 aromatic carbocycles. The summed E-state index contributed by atoms with van der Waals surface area (Å²) in [4.78, 5) is 12.0. The largest absolute Gasteiger partial charge is 0.393 e. The molecule has 0 saturated carbocycles. The first-order valence-corrected chi connectivity index (χ1v) is 7.13. The van der Waals surface area contributed by atoms with Gasteiger partial charge in [-0.1, -0.05) is 48.4 Å². The SMILES string of the molecule is CCC(C(=O)NCCc1ccc(Cl)cc1Cl)C(N)=S. The van der Waals surface area contributed by atoms with Crippen LogP contribution in [0.2, 0.25) is 10.0 Å². The number of hydrogen-bond donors (Lipinski definition) is 2. The van der Waals surface area contributed by atoms with E-state index < -0.39 is 5.92 Å². The summed E-state index contributed by atoms with van der Waals surface area (Å²) >= 11 is 16.7. The molecule has 0 aliphatic heterocycles. The molecule has 0 heterocycles. The fraction of sp³-hybridized carbons (Fsp3) is 0.385. The molecule has 0 radical (unpaired) electrons. The number of halogens is 2. The third-order valence-corrected chi connectivity index (χ3v) is 3.65. The van der Waals surface area contributed by atoms with Crippen LogP contribution in [-0.4, -0.2) is 17.4 Å². The number of carbonyl (C=O) groups is 1. The molecule has 0 bridgehead atoms. The Morgan fingerprint density at radius 1 is 1.47 bits per heavy atom. The van der Waals surface area contributed by atoms with Crippen LogP contribution >= 0.6 is 35.4 Å². The van der Waals surface area contributed by atoms with Crippen LogP contribution in [-0.2, 0) is 11.2 Å². The van der Waals surface area contributed by atoms with Crippen LogP contribution in [0.5, 0.6) is 0 Å². The number of benzene rings is 1. The predicted molar refractivity (Wildman–Crippen MR) is 83.7 cm³/mol. The van der Waals surface area contributed by atoms with Gasteiger partial charge in [0.15, 0.2) is 0 Å². The van der Waals surface area contributed by atoms with Gasteiger partial charge in [0.05, 0.1) is 10.9 Å². The molecule has 0 aliphatic carbocycles. The Kier molecular flexibility index (Phi) is 6.55. The summed E-state index contributed by atoms with van der Waals surface area (Å²) in [7, 11) is 0. The second-order valence-corrected chi connectivity index (χ2v) is 5.46. The number of rotatable bonds is 6. The minimum Gasteiger partial charge on any atom is -0.393 e. The van der Waals surface area contributed by atoms with Gasteiger partial charge in [0.25, 0.3) is 0 Å². The van der Waals surface area contributed by atoms with Crippen molar-refractivity contribution in [2.24, 2.45) is 11.7 Å². The van der Waals surface area contributed by atoms with Crippen LogP contribution < -0.4 is 11.1 Å². The molecule has 1 rings (SSSR count). The van der Waals surface area contributed by atoms with Crippen LogP contribution in [0.15, 0.2) is 18.2 Å². The van der Waals surface area contributed by atoms with Crippen LogP contribution in [0.25, 0.3) is 0 Å². The van der Waals surface area contributed by atoms with E-state index in [0.717, 1.165) is 5.56 Å². The number of amides is 1. The van der Waals surface area contributed by atoms with E-state index in [1.54, 1.807) is 12.1 Å². The van der Waals surface area contributed by atoms with Crippen LogP contribution in [0.4, 0.5) is 0 Å². The number of hydrogen-bond acceptors (Lipinski definition) is 2. The first-order valence-electron chi connectivity index (χ1n) is 5.96. The molecule has 0 aromatic heterocycles. The Morgan fingerprint density at radius 2 is 2.16 bits per heavy atom. The van der Waals surface area contributed by atoms with Gasteiger partial charge in [-0.3, -0.25) is 4.79 Å². The lowest BCUT2D eigenvalue weighted by molar-refractivity contribution is -0.123. The average Bonchev–Trinajstić information content (AvgIpc) is 2.32. The summed E-state index contributed by atoms with van der Waals surface area (Å²) in [6.45, 7) is 2.36. The second kappa shape index (κ2) is 7.68. The zero-order valence-electron chi connectivity index (χ0n) is 10.6. The van der Waals surface area contributed by atoms with Crippen molar-refractivity contribution >= 4 is 46.3 Å². The molecule has 19 heavy (non-hydrogen) atoms. The predicted octanol–water partition coefficient (Wildman–Crippen LogP) is 2.96. The van der Waals surface area contributed by atoms with E-state index in [-0.39, 0.29) is 10.9 Å². The van der Waals surface area contributed by atoms with Gasteiger partial charge in [0.2, 0.25) is 5.91 Å². The van der Waals surface area contributed by atoms with E-state index in [0.29, 0.717) is 29.4 Å². The third-order valence-electron chi connectivity index (χ3n) is 2.78. The Morgan fingerprint density at radius 3 is 2.68 bits per heavy atom. The van der Waals surface area contributed by atoms with Gasteiger partial charge in [0, 0.05) is 16.6 Å². The van der Waals surface area contributed by atoms with Gasteiger partial charge in [-0.2, -0.15) is 0 Å². The summed E-state index contributed by atoms with van der Waals surface area (Å²) in [6, 6.07) is 5.31. The first-order chi connectivity index (χ1) is 8.95. The first kappa shape index (κ1) is 16.2. The normalized spacial score (nSPS) is 11.9. The van der Waals surface area contributed by atoms with Crippen molar-refractivity contribution in [2.75, 3.05) is 6.54 Å². The topological polar surface area (TPSA) is 55.1 Å². The second-order valence-electron chi connectivity index (χ2n) is 4.14. The van der Waals surface area contributed by atoms with E-state index in [9.17, 15) is 4.79 Å². The highest BCUT2D eigenvalue weighted by Crippen LogP contribution is 2.21. The lowest BCUT2D eigenvalue weighted by Gasteiger charge is -2.13. The van der Waals surface area contributed by atoms with Gasteiger partial charge < -0.3 is 11.1 Å². The molecule has 1 unspecified atom stereocenters. The van der Waals surface area contributed by atoms with Gasteiger partial charge in [-0.15, -0.1) is 0 Å². The van der Waals surface area contributed by atoms with Gasteiger partial charge >= 0.3 is 0 Å². The summed E-state index contributed by atoms with van der Waals surface area (Å²) in [6.07, 6.45) is 1.23. The molecule has 1 atom stereocenters. The van der Waals surface area contributed by atoms with Crippen molar-refractivity contribution in [3.05, 3.63) is 33.8 Å². The Labute approximate surface area is 128 Å². The number of thiocarbonyl (C=S) groups is 1. The van der Waals surface area contributed by atoms with E-state index >= 15 is 0 Å². The molecule has 3 N–H and O–H groups in total. The molecule has 1 amide bonds. The molecule has 0 spiro atoms. The van der Waals surface area contributed by atoms with Crippen molar-refractivity contribution in [1.29, 1.82) is 0 Å². The van der Waals surface area contributed by atoms with E-state index in [1.165, 1.54) is 0 Å². The maximum atomic E-state index is 11.8. The molecule has 0 fully saturated rings. The van der Waals surface area contributed by atoms with E-state index in [2.05, 4.69) is 5.32 Å². The zero-order chi connectivity index (χ0) is 14.4. The van der Waals surface area contributed by atoms with Crippen molar-refractivity contribution in [3.63, 3.8) is 0 Å². The molecule has 6 heteroatoms. The zero-order valence-corrected chi connectivity index (χ0v) is 12.9. The molecular weight excluding hydrogens is 303 g/mol. The van der Waals surface area contributed by atoms with Gasteiger partial charge in [-0.25, -0.2) is 0 Å². The van der Waals surface area contributed by atoms with E-state index in [1.807, 2.05) is 13.0 Å². The summed E-state index contributed by atoms with van der Waals surface area (Å²) < 4.78 is 0. The Bertz CT molecular complexity index is 480. The summed E-state index contributed by atoms with van der Waals surface area (Å²) in [5.74, 6) is -0.546. The van der Waals surface area contributed by atoms with Crippen molar-refractivity contribution in [2.45, 2.75) is 19.8 Å². The maximum absolute atomic E-state index is 11.8. The van der Waals surface area contributed by atoms with Crippen LogP contribution in [0.3, 0.4) is 0 Å². The average molecular weight is 319 g/mol. The quantitative estimate of drug-likeness (QED) is 0.793. The third kappa shape index (κ3) is 4.97. The monoisotopic (exact) mass is 318 g/mol. The fourth-order valence-corrected chi connectivity index (χ4v) is 2.46. The minimum atomic E-state index is -0.407. The van der Waals surface area contributed by atoms with Crippen molar-refractivity contribution in [3.8, 4) is 0 Å². The van der Waals surface area contributed by atoms with Crippen LogP contribution in [0.1, 0.15) is 18.9 Å². The van der Waals surface area contributed by atoms with Gasteiger partial charge in [0.1, 0.15) is 0 Å². The molecule has 0 aliphatic rings. The van der Waals surface area contributed by atoms with Crippen LogP contribution in [0, 0.1) is 5.92 Å². The lowest BCUT2D eigenvalue weighted by atomic mass is 10.1. The van der Waals surface area contributed by atoms with Crippen molar-refractivity contribution < 1.29 is 4.79 Å². The molecular formula is C13H16Cl2N2OS. The highest BCUT2D eigenvalue weighted by atomic mass is 35.5. The number of carbonyl (C=O) groups excluding carboxylic acids is 1. The molecule has 0 saturated heterocycles. The lowest BCUT2D eigenvalue weighted by Crippen LogP contribution is -2.38. The standard InChI is InChI=1S/C13H16Cl2N2OS/c1-2-10(12(16)19)13(18)17-6-5-8-3-4-9(14)7-11(8)15/h3-4,7,10H,2,5-6H2,1H3,(H2,16,19)(H,17,18). The minimum absolute atomic E-state index is 0.139. The Balaban J connectivity index is 2.50. The summed E-state index contributed by atoms with van der Waals surface area (Å²) in [5.41, 5.74) is 6.45. The molecule has 104 valence electrons. The smallest absolute Gasteiger partial charge is 0.229 e. The number of nitrogens with two attached hydrogens (primary N) is 1. The highest BCUT2D eigenvalue weighted by molar-refractivity contribution is 7.80. The maximum Gasteiger partial charge on any atom is 0.229 e. The summed E-state index contributed by atoms with van der Waals surface area (Å²) in [5, 5.41) is 4.00. The Hall–Kier alpha value is -0.840. The van der Waals surface area contributed by atoms with Crippen molar-refractivity contribution in [1.82, 2.24) is 5.32 Å². The molecule has 1 aromatic rings. The molecule has 3 nitrogen and oxygen atoms in total.